The van der Waals surface area contributed by atoms with Crippen molar-refractivity contribution in [2.75, 3.05) is 16.6 Å². The number of hydrogen-bond acceptors (Lipinski definition) is 6. The van der Waals surface area contributed by atoms with E-state index in [4.69, 9.17) is 21.4 Å². The van der Waals surface area contributed by atoms with E-state index in [1.54, 1.807) is 18.2 Å². The van der Waals surface area contributed by atoms with Crippen molar-refractivity contribution in [3.63, 3.8) is 0 Å². The van der Waals surface area contributed by atoms with Crippen molar-refractivity contribution in [2.45, 2.75) is 9.79 Å². The van der Waals surface area contributed by atoms with Gasteiger partial charge in [0.2, 0.25) is 0 Å². The van der Waals surface area contributed by atoms with Gasteiger partial charge in [0.15, 0.2) is 0 Å². The molecule has 0 aromatic heterocycles. The van der Waals surface area contributed by atoms with Crippen molar-refractivity contribution in [3.05, 3.63) is 77.3 Å². The van der Waals surface area contributed by atoms with E-state index in [1.165, 1.54) is 25.3 Å². The number of carboxylic acids is 1. The van der Waals surface area contributed by atoms with E-state index in [1.807, 2.05) is 0 Å². The van der Waals surface area contributed by atoms with Crippen molar-refractivity contribution >= 4 is 49.0 Å². The van der Waals surface area contributed by atoms with E-state index in [0.29, 0.717) is 0 Å². The lowest BCUT2D eigenvalue weighted by atomic mass is 10.2. The molecule has 0 saturated carbocycles. The van der Waals surface area contributed by atoms with Crippen molar-refractivity contribution in [1.82, 2.24) is 0 Å². The Labute approximate surface area is 189 Å². The molecule has 3 aromatic carbocycles. The van der Waals surface area contributed by atoms with Gasteiger partial charge in [0.25, 0.3) is 20.0 Å². The number of benzene rings is 3. The Morgan fingerprint density at radius 2 is 1.56 bits per heavy atom. The average Bonchev–Trinajstić information content (AvgIpc) is 2.75. The molecule has 12 heteroatoms. The molecule has 0 bridgehead atoms. The van der Waals surface area contributed by atoms with Crippen LogP contribution in [0.5, 0.6) is 5.75 Å². The van der Waals surface area contributed by atoms with Crippen molar-refractivity contribution in [2.24, 2.45) is 0 Å². The SMILES string of the molecule is COc1ccccc1NS(=O)(=O)c1cc(NS(=O)(=O)c2ccc(C(=O)O)cc2)ccc1Cl. The van der Waals surface area contributed by atoms with E-state index in [0.717, 1.165) is 30.3 Å². The summed E-state index contributed by atoms with van der Waals surface area (Å²) in [6, 6.07) is 14.5. The van der Waals surface area contributed by atoms with Crippen LogP contribution in [0.4, 0.5) is 11.4 Å². The standard InChI is InChI=1S/C20H17ClN2O7S2/c1-30-18-5-3-2-4-17(18)23-32(28,29)19-12-14(8-11-16(19)21)22-31(26,27)15-9-6-13(7-10-15)20(24)25/h2-12,22-23H,1H3,(H,24,25). The minimum absolute atomic E-state index is 0.0582. The van der Waals surface area contributed by atoms with Crippen LogP contribution >= 0.6 is 11.6 Å². The number of methoxy groups -OCH3 is 1. The highest BCUT2D eigenvalue weighted by Crippen LogP contribution is 2.31. The third kappa shape index (κ3) is 5.13. The second kappa shape index (κ2) is 9.07. The van der Waals surface area contributed by atoms with E-state index in [2.05, 4.69) is 9.44 Å². The van der Waals surface area contributed by atoms with Crippen molar-refractivity contribution in [1.29, 1.82) is 0 Å². The largest absolute Gasteiger partial charge is 0.495 e. The van der Waals surface area contributed by atoms with Gasteiger partial charge in [-0.05, 0) is 54.6 Å². The van der Waals surface area contributed by atoms with Gasteiger partial charge in [-0.1, -0.05) is 23.7 Å². The lowest BCUT2D eigenvalue weighted by molar-refractivity contribution is 0.0696. The zero-order valence-electron chi connectivity index (χ0n) is 16.4. The molecule has 0 aliphatic carbocycles. The second-order valence-electron chi connectivity index (χ2n) is 6.39. The van der Waals surface area contributed by atoms with Gasteiger partial charge in [-0.25, -0.2) is 21.6 Å². The molecule has 0 aliphatic heterocycles. The highest BCUT2D eigenvalue weighted by molar-refractivity contribution is 7.93. The summed E-state index contributed by atoms with van der Waals surface area (Å²) in [5.74, 6) is -0.911. The quantitative estimate of drug-likeness (QED) is 0.432. The van der Waals surface area contributed by atoms with Crippen LogP contribution in [0.25, 0.3) is 0 Å². The molecule has 168 valence electrons. The third-order valence-electron chi connectivity index (χ3n) is 4.24. The van der Waals surface area contributed by atoms with Crippen LogP contribution in [0.2, 0.25) is 5.02 Å². The summed E-state index contributed by atoms with van der Waals surface area (Å²) in [5.41, 5.74) is 0.0407. The molecule has 3 rings (SSSR count). The smallest absolute Gasteiger partial charge is 0.335 e. The maximum Gasteiger partial charge on any atom is 0.335 e. The van der Waals surface area contributed by atoms with Crippen LogP contribution < -0.4 is 14.2 Å². The summed E-state index contributed by atoms with van der Waals surface area (Å²) in [4.78, 5) is 10.4. The minimum atomic E-state index is -4.20. The first-order chi connectivity index (χ1) is 15.0. The van der Waals surface area contributed by atoms with Crippen LogP contribution in [-0.4, -0.2) is 35.0 Å². The first-order valence-corrected chi connectivity index (χ1v) is 12.2. The van der Waals surface area contributed by atoms with Gasteiger partial charge in [0.1, 0.15) is 10.6 Å². The number of halogens is 1. The fourth-order valence-corrected chi connectivity index (χ4v) is 5.34. The molecule has 0 spiro atoms. The Bertz CT molecular complexity index is 1370. The Kier molecular flexibility index (Phi) is 6.63. The first kappa shape index (κ1) is 23.4. The van der Waals surface area contributed by atoms with E-state index in [9.17, 15) is 21.6 Å². The molecule has 0 unspecified atom stereocenters. The van der Waals surface area contributed by atoms with Gasteiger partial charge in [0, 0.05) is 0 Å². The number of aromatic carboxylic acids is 1. The topological polar surface area (TPSA) is 139 Å². The number of ether oxygens (including phenoxy) is 1. The minimum Gasteiger partial charge on any atom is -0.495 e. The Morgan fingerprint density at radius 1 is 0.906 bits per heavy atom. The maximum absolute atomic E-state index is 12.9. The molecular formula is C20H17ClN2O7S2. The van der Waals surface area contributed by atoms with Crippen molar-refractivity contribution in [3.8, 4) is 5.75 Å². The summed E-state index contributed by atoms with van der Waals surface area (Å²) in [7, 11) is -6.93. The summed E-state index contributed by atoms with van der Waals surface area (Å²) >= 11 is 6.07. The van der Waals surface area contributed by atoms with Gasteiger partial charge in [0.05, 0.1) is 34.0 Å². The molecule has 0 radical (unpaired) electrons. The lowest BCUT2D eigenvalue weighted by Crippen LogP contribution is -2.16. The van der Waals surface area contributed by atoms with Gasteiger partial charge in [-0.15, -0.1) is 0 Å². The summed E-state index contributed by atoms with van der Waals surface area (Å²) in [5, 5.41) is 8.81. The van der Waals surface area contributed by atoms with E-state index >= 15 is 0 Å². The molecule has 32 heavy (non-hydrogen) atoms. The predicted octanol–water partition coefficient (Wildman–Crippen LogP) is 3.65. The van der Waals surface area contributed by atoms with Crippen LogP contribution in [0.15, 0.2) is 76.5 Å². The van der Waals surface area contributed by atoms with Crippen LogP contribution in [0.1, 0.15) is 10.4 Å². The molecule has 0 heterocycles. The zero-order valence-corrected chi connectivity index (χ0v) is 18.8. The molecule has 0 aliphatic rings. The number of rotatable bonds is 8. The molecule has 0 fully saturated rings. The number of anilines is 2. The molecule has 3 N–H and O–H groups in total. The van der Waals surface area contributed by atoms with E-state index in [-0.39, 0.29) is 37.5 Å². The van der Waals surface area contributed by atoms with Crippen LogP contribution in [0.3, 0.4) is 0 Å². The van der Waals surface area contributed by atoms with Gasteiger partial charge >= 0.3 is 5.97 Å². The number of carboxylic acid groups (broad SMARTS) is 1. The number of nitrogens with one attached hydrogen (secondary N) is 2. The third-order valence-corrected chi connectivity index (χ3v) is 7.48. The maximum atomic E-state index is 12.9. The Balaban J connectivity index is 1.92. The lowest BCUT2D eigenvalue weighted by Gasteiger charge is -2.14. The van der Waals surface area contributed by atoms with Gasteiger partial charge in [-0.2, -0.15) is 0 Å². The monoisotopic (exact) mass is 496 g/mol. The van der Waals surface area contributed by atoms with Gasteiger partial charge < -0.3 is 9.84 Å². The summed E-state index contributed by atoms with van der Waals surface area (Å²) < 4.78 is 60.8. The molecule has 0 atom stereocenters. The number of hydrogen-bond donors (Lipinski definition) is 3. The fourth-order valence-electron chi connectivity index (χ4n) is 2.69. The highest BCUT2D eigenvalue weighted by atomic mass is 35.5. The van der Waals surface area contributed by atoms with Crippen LogP contribution in [-0.2, 0) is 20.0 Å². The normalized spacial score (nSPS) is 11.6. The fraction of sp³-hybridized carbons (Fsp3) is 0.0500. The zero-order chi connectivity index (χ0) is 23.5. The second-order valence-corrected chi connectivity index (χ2v) is 10.1. The number of carbonyl (C=O) groups is 1. The Morgan fingerprint density at radius 3 is 2.19 bits per heavy atom. The van der Waals surface area contributed by atoms with E-state index < -0.39 is 26.0 Å². The molecule has 9 nitrogen and oxygen atoms in total. The first-order valence-electron chi connectivity index (χ1n) is 8.85. The average molecular weight is 497 g/mol. The van der Waals surface area contributed by atoms with Crippen LogP contribution in [0, 0.1) is 0 Å². The van der Waals surface area contributed by atoms with Crippen molar-refractivity contribution < 1.29 is 31.5 Å². The predicted molar refractivity (Wildman–Crippen MR) is 119 cm³/mol. The molecule has 0 saturated heterocycles. The molecular weight excluding hydrogens is 480 g/mol. The number of sulfonamides is 2. The van der Waals surface area contributed by atoms with Gasteiger partial charge in [-0.3, -0.25) is 9.44 Å². The highest BCUT2D eigenvalue weighted by Gasteiger charge is 2.22. The molecule has 3 aromatic rings. The summed E-state index contributed by atoms with van der Waals surface area (Å²) in [6.07, 6.45) is 0. The summed E-state index contributed by atoms with van der Waals surface area (Å²) in [6.45, 7) is 0. The molecule has 0 amide bonds. The number of para-hydroxylation sites is 2. The Hall–Kier alpha value is -3.28.